The molecule has 0 fully saturated rings. The number of hydrogen-bond donors (Lipinski definition) is 2. The van der Waals surface area contributed by atoms with Gasteiger partial charge < -0.3 is 18.9 Å². The van der Waals surface area contributed by atoms with Gasteiger partial charge in [-0.1, -0.05) is 61.4 Å². The van der Waals surface area contributed by atoms with E-state index in [-0.39, 0.29) is 33.9 Å². The average Bonchev–Trinajstić information content (AvgIpc) is 3.62. The lowest BCUT2D eigenvalue weighted by Gasteiger charge is -2.22. The number of benzene rings is 5. The Balaban J connectivity index is 0.000000240. The topological polar surface area (TPSA) is 198 Å². The van der Waals surface area contributed by atoms with E-state index >= 15 is 0 Å². The number of carbonyl (C=O) groups excluding carboxylic acids is 2. The predicted molar refractivity (Wildman–Crippen MR) is 281 cm³/mol. The zero-order chi connectivity index (χ0) is 51.8. The molecule has 7 rings (SSSR count). The molecule has 18 heteroatoms. The Morgan fingerprint density at radius 2 is 0.972 bits per heavy atom. The monoisotopic (exact) mass is 1140 g/mol. The number of nitrogens with one attached hydrogen (secondary N) is 2. The minimum atomic E-state index is -3.87. The van der Waals surface area contributed by atoms with Crippen molar-refractivity contribution < 1.29 is 53.8 Å². The molecule has 0 saturated heterocycles. The van der Waals surface area contributed by atoms with Gasteiger partial charge in [0, 0.05) is 21.9 Å². The van der Waals surface area contributed by atoms with Gasteiger partial charge in [0.15, 0.2) is 23.1 Å². The lowest BCUT2D eigenvalue weighted by molar-refractivity contribution is -0.158. The third-order valence-electron chi connectivity index (χ3n) is 11.4. The van der Waals surface area contributed by atoms with Crippen LogP contribution in [0.5, 0.6) is 11.5 Å². The van der Waals surface area contributed by atoms with E-state index in [0.29, 0.717) is 41.9 Å². The molecule has 0 spiro atoms. The Morgan fingerprint density at radius 1 is 0.549 bits per heavy atom. The third-order valence-corrected chi connectivity index (χ3v) is 16.2. The van der Waals surface area contributed by atoms with Crippen molar-refractivity contribution in [1.29, 1.82) is 0 Å². The summed E-state index contributed by atoms with van der Waals surface area (Å²) in [5.74, 6) is 0.246. The fourth-order valence-corrected chi connectivity index (χ4v) is 11.9. The molecule has 0 aliphatic heterocycles. The summed E-state index contributed by atoms with van der Waals surface area (Å²) in [5.41, 5.74) is 3.75. The largest absolute Gasteiger partial charge is 0.482 e. The molecule has 2 unspecified atom stereocenters. The molecule has 0 amide bonds. The predicted octanol–water partition coefficient (Wildman–Crippen LogP) is 9.98. The Hall–Kier alpha value is -4.86. The van der Waals surface area contributed by atoms with Gasteiger partial charge >= 0.3 is 11.9 Å². The summed E-state index contributed by atoms with van der Waals surface area (Å²) < 4.78 is 106. The zero-order valence-electron chi connectivity index (χ0n) is 41.1. The van der Waals surface area contributed by atoms with E-state index in [1.807, 2.05) is 45.0 Å². The quantitative estimate of drug-likeness (QED) is 0.0607. The fourth-order valence-electron chi connectivity index (χ4n) is 8.35. The first-order valence-electron chi connectivity index (χ1n) is 23.4. The molecule has 0 heterocycles. The van der Waals surface area contributed by atoms with Crippen molar-refractivity contribution in [3.63, 3.8) is 0 Å². The Morgan fingerprint density at radius 3 is 1.39 bits per heavy atom. The van der Waals surface area contributed by atoms with Crippen molar-refractivity contribution in [2.45, 2.75) is 131 Å². The number of hydrogen-bond acceptors (Lipinski definition) is 12. The first-order chi connectivity index (χ1) is 33.3. The van der Waals surface area contributed by atoms with Gasteiger partial charge in [0.25, 0.3) is 0 Å². The first kappa shape index (κ1) is 55.5. The second kappa shape index (κ2) is 23.3. The molecule has 0 bridgehead atoms. The molecule has 2 N–H and O–H groups in total. The Labute approximate surface area is 432 Å². The molecular weight excluding hydrogens is 1080 g/mol. The highest BCUT2D eigenvalue weighted by molar-refractivity contribution is 14.1. The van der Waals surface area contributed by atoms with Crippen LogP contribution in [0.4, 0.5) is 0 Å². The number of sulfone groups is 1. The summed E-state index contributed by atoms with van der Waals surface area (Å²) in [7, 11) is -10.9. The molecule has 0 saturated carbocycles. The summed E-state index contributed by atoms with van der Waals surface area (Å²) in [6.45, 7) is 10.4. The van der Waals surface area contributed by atoms with Crippen molar-refractivity contribution in [1.82, 2.24) is 9.44 Å². The van der Waals surface area contributed by atoms with Crippen LogP contribution in [0, 0.1) is 3.57 Å². The van der Waals surface area contributed by atoms with E-state index in [0.717, 1.165) is 64.2 Å². The van der Waals surface area contributed by atoms with Crippen LogP contribution >= 0.6 is 22.6 Å². The molecule has 2 aliphatic carbocycles. The van der Waals surface area contributed by atoms with Crippen molar-refractivity contribution in [2.24, 2.45) is 0 Å². The highest BCUT2D eigenvalue weighted by Crippen LogP contribution is 2.37. The van der Waals surface area contributed by atoms with E-state index < -0.39 is 59.1 Å². The molecular formula is C53H63IN2O12S3. The van der Waals surface area contributed by atoms with Crippen LogP contribution in [-0.4, -0.2) is 67.9 Å². The maximum absolute atomic E-state index is 13.4. The van der Waals surface area contributed by atoms with Gasteiger partial charge in [-0.25, -0.2) is 44.3 Å². The van der Waals surface area contributed by atoms with Gasteiger partial charge in [-0.15, -0.1) is 0 Å². The van der Waals surface area contributed by atoms with Crippen molar-refractivity contribution >= 4 is 64.4 Å². The number of rotatable bonds is 14. The van der Waals surface area contributed by atoms with E-state index in [4.69, 9.17) is 18.9 Å². The van der Waals surface area contributed by atoms with E-state index in [1.54, 1.807) is 87.5 Å². The molecule has 382 valence electrons. The van der Waals surface area contributed by atoms with E-state index in [9.17, 15) is 34.8 Å². The summed E-state index contributed by atoms with van der Waals surface area (Å²) in [6.07, 6.45) is 7.43. The van der Waals surface area contributed by atoms with Crippen LogP contribution < -0.4 is 18.9 Å². The van der Waals surface area contributed by atoms with Gasteiger partial charge in [-0.2, -0.15) is 0 Å². The molecule has 71 heavy (non-hydrogen) atoms. The smallest absolute Gasteiger partial charge is 0.344 e. The van der Waals surface area contributed by atoms with Crippen molar-refractivity contribution in [2.75, 3.05) is 19.5 Å². The maximum atomic E-state index is 13.4. The van der Waals surface area contributed by atoms with Crippen LogP contribution in [0.2, 0.25) is 0 Å². The Bertz CT molecular complexity index is 3020. The molecule has 0 aromatic heterocycles. The van der Waals surface area contributed by atoms with Crippen LogP contribution in [0.1, 0.15) is 114 Å². The minimum Gasteiger partial charge on any atom is -0.482 e. The second-order valence-corrected chi connectivity index (χ2v) is 26.2. The standard InChI is InChI=1S/C30H35NO7S2.C23H28INO5S/c1-30(2,3)38-29(32)20-37-28-14-8-12-25-26(28)11-5-6-13-27(25)31-40(35,36)23-17-15-21(16-18-23)22-9-7-10-24(19-22)39(4,33)34;1-23(2,3)30-22(26)15-29-21-10-6-8-18-19(21)7-4-5-9-20(18)25-31(27,28)17-13-11-16(24)12-14-17/h7-10,12,14-19,27,31H,5-6,11,13,20H2,1-4H3;6,8,10-14,20,25H,4-5,7,9,15H2,1-3H3. The lowest BCUT2D eigenvalue weighted by Crippen LogP contribution is -2.29. The van der Waals surface area contributed by atoms with E-state index in [2.05, 4.69) is 32.0 Å². The van der Waals surface area contributed by atoms with Crippen LogP contribution in [0.3, 0.4) is 0 Å². The normalized spacial score (nSPS) is 16.4. The molecule has 14 nitrogen and oxygen atoms in total. The fraction of sp³-hybridized carbons (Fsp3) is 0.396. The van der Waals surface area contributed by atoms with Gasteiger partial charge in [-0.3, -0.25) is 0 Å². The SMILES string of the molecule is CC(C)(C)OC(=O)COc1cccc2c1CCCCC2NS(=O)(=O)c1ccc(-c2cccc(S(C)(=O)=O)c2)cc1.CC(C)(C)OC(=O)COc1cccc2c1CCCCC2NS(=O)(=O)c1ccc(I)cc1. The molecule has 5 aromatic carbocycles. The van der Waals surface area contributed by atoms with Crippen molar-refractivity contribution in [3.8, 4) is 22.6 Å². The third kappa shape index (κ3) is 16.1. The molecule has 0 radical (unpaired) electrons. The van der Waals surface area contributed by atoms with Gasteiger partial charge in [0.1, 0.15) is 22.7 Å². The lowest BCUT2D eigenvalue weighted by atomic mass is 9.99. The maximum Gasteiger partial charge on any atom is 0.344 e. The number of halogens is 1. The number of esters is 2. The van der Waals surface area contributed by atoms with Gasteiger partial charge in [-0.05, 0) is 197 Å². The Kier molecular flexibility index (Phi) is 18.2. The number of fused-ring (bicyclic) bond motifs is 2. The number of carbonyl (C=O) groups is 2. The summed E-state index contributed by atoms with van der Waals surface area (Å²) in [6, 6.07) is 29.9. The second-order valence-electron chi connectivity index (χ2n) is 19.5. The summed E-state index contributed by atoms with van der Waals surface area (Å²) >= 11 is 2.15. The van der Waals surface area contributed by atoms with E-state index in [1.165, 1.54) is 18.2 Å². The highest BCUT2D eigenvalue weighted by atomic mass is 127. The van der Waals surface area contributed by atoms with Gasteiger partial charge in [0.05, 0.1) is 14.7 Å². The minimum absolute atomic E-state index is 0.110. The van der Waals surface area contributed by atoms with Crippen molar-refractivity contribution in [3.05, 3.63) is 135 Å². The molecule has 5 aromatic rings. The first-order valence-corrected chi connectivity index (χ1v) is 29.4. The molecule has 2 aliphatic rings. The average molecular weight is 1140 g/mol. The summed E-state index contributed by atoms with van der Waals surface area (Å²) in [4.78, 5) is 24.8. The highest BCUT2D eigenvalue weighted by Gasteiger charge is 2.29. The zero-order valence-corrected chi connectivity index (χ0v) is 45.7. The summed E-state index contributed by atoms with van der Waals surface area (Å²) in [5, 5.41) is 0. The van der Waals surface area contributed by atoms with Crippen LogP contribution in [-0.2, 0) is 61.8 Å². The van der Waals surface area contributed by atoms with Crippen LogP contribution in [0.15, 0.2) is 124 Å². The molecule has 2 atom stereocenters. The number of ether oxygens (including phenoxy) is 4. The van der Waals surface area contributed by atoms with Crippen LogP contribution in [0.25, 0.3) is 11.1 Å². The van der Waals surface area contributed by atoms with Gasteiger partial charge in [0.2, 0.25) is 20.0 Å². The number of sulfonamides is 2.